The van der Waals surface area contributed by atoms with Crippen LogP contribution in [0.2, 0.25) is 0 Å². The molecule has 1 saturated heterocycles. The van der Waals surface area contributed by atoms with Gasteiger partial charge in [0.1, 0.15) is 24.4 Å². The zero-order chi connectivity index (χ0) is 23.4. The van der Waals surface area contributed by atoms with Crippen molar-refractivity contribution in [2.75, 3.05) is 20.7 Å². The van der Waals surface area contributed by atoms with E-state index in [1.165, 1.54) is 20.2 Å². The second kappa shape index (κ2) is 10.2. The van der Waals surface area contributed by atoms with Gasteiger partial charge in [0.2, 0.25) is 0 Å². The molecule has 6 N–H and O–H groups in total. The average Bonchev–Trinajstić information content (AvgIpc) is 2.83. The Hall–Kier alpha value is -2.82. The summed E-state index contributed by atoms with van der Waals surface area (Å²) >= 11 is 0. The van der Waals surface area contributed by atoms with E-state index < -0.39 is 37.1 Å². The summed E-state index contributed by atoms with van der Waals surface area (Å²) in [6.07, 6.45) is -5.60. The lowest BCUT2D eigenvalue weighted by Crippen LogP contribution is -2.58. The number of hydrogen-bond acceptors (Lipinski definition) is 7. The highest BCUT2D eigenvalue weighted by atomic mass is 16.5. The number of benzene rings is 2. The first-order chi connectivity index (χ1) is 15.3. The number of hydrogen-bond donors (Lipinski definition) is 6. The highest BCUT2D eigenvalue weighted by molar-refractivity contribution is 6.01. The van der Waals surface area contributed by atoms with Crippen LogP contribution in [0, 0.1) is 0 Å². The lowest BCUT2D eigenvalue weighted by molar-refractivity contribution is -0.228. The molecule has 32 heavy (non-hydrogen) atoms. The van der Waals surface area contributed by atoms with Crippen LogP contribution in [-0.4, -0.2) is 83.5 Å². The fraction of sp³-hybridized carbons (Fsp3) is 0.391. The molecule has 1 fully saturated rings. The van der Waals surface area contributed by atoms with Crippen molar-refractivity contribution >= 4 is 11.8 Å². The molecule has 0 radical (unpaired) electrons. The highest BCUT2D eigenvalue weighted by Crippen LogP contribution is 2.26. The molecule has 1 aliphatic heterocycles. The lowest BCUT2D eigenvalue weighted by atomic mass is 9.91. The molecular formula is C23H28N2O7. The largest absolute Gasteiger partial charge is 0.394 e. The maximum Gasteiger partial charge on any atom is 0.251 e. The summed E-state index contributed by atoms with van der Waals surface area (Å²) in [5.74, 6) is -0.618. The standard InChI is InChI=1S/C23H28N2O7/c1-24-22(30)15-8-14(9-16(10-15)23(31)25-2)13-5-3-12(4-6-13)7-17-19(27)21(29)20(28)18(11-26)32-17/h3-6,8-10,17-21,26-29H,7,11H2,1-2H3,(H,24,30)(H,25,31). The minimum Gasteiger partial charge on any atom is -0.394 e. The maximum absolute atomic E-state index is 12.1. The van der Waals surface area contributed by atoms with Crippen molar-refractivity contribution in [2.45, 2.75) is 36.9 Å². The Kier molecular flexibility index (Phi) is 7.60. The van der Waals surface area contributed by atoms with Crippen molar-refractivity contribution in [2.24, 2.45) is 0 Å². The Morgan fingerprint density at radius 1 is 0.812 bits per heavy atom. The van der Waals surface area contributed by atoms with E-state index in [1.807, 2.05) is 24.3 Å². The summed E-state index contributed by atoms with van der Waals surface area (Å²) in [5, 5.41) is 44.6. The molecule has 9 heteroatoms. The van der Waals surface area contributed by atoms with Gasteiger partial charge in [-0.2, -0.15) is 0 Å². The van der Waals surface area contributed by atoms with E-state index in [2.05, 4.69) is 10.6 Å². The van der Waals surface area contributed by atoms with Gasteiger partial charge in [-0.05, 0) is 34.9 Å². The highest BCUT2D eigenvalue weighted by Gasteiger charge is 2.43. The molecule has 2 aromatic rings. The van der Waals surface area contributed by atoms with E-state index >= 15 is 0 Å². The van der Waals surface area contributed by atoms with Gasteiger partial charge in [0.25, 0.3) is 11.8 Å². The van der Waals surface area contributed by atoms with Gasteiger partial charge in [0, 0.05) is 31.6 Å². The molecule has 0 saturated carbocycles. The number of amides is 2. The predicted molar refractivity (Wildman–Crippen MR) is 116 cm³/mol. The molecule has 2 amide bonds. The molecule has 1 heterocycles. The van der Waals surface area contributed by atoms with Crippen molar-refractivity contribution in [1.82, 2.24) is 10.6 Å². The average molecular weight is 444 g/mol. The number of aliphatic hydroxyl groups excluding tert-OH is 4. The van der Waals surface area contributed by atoms with Crippen LogP contribution in [0.15, 0.2) is 42.5 Å². The van der Waals surface area contributed by atoms with Gasteiger partial charge in [-0.1, -0.05) is 24.3 Å². The monoisotopic (exact) mass is 444 g/mol. The molecule has 0 bridgehead atoms. The zero-order valence-corrected chi connectivity index (χ0v) is 17.9. The number of ether oxygens (including phenoxy) is 1. The first kappa shape index (κ1) is 23.8. The smallest absolute Gasteiger partial charge is 0.251 e. The van der Waals surface area contributed by atoms with Gasteiger partial charge >= 0.3 is 0 Å². The zero-order valence-electron chi connectivity index (χ0n) is 17.9. The van der Waals surface area contributed by atoms with Crippen molar-refractivity contribution in [3.63, 3.8) is 0 Å². The molecule has 172 valence electrons. The minimum atomic E-state index is -1.42. The molecule has 3 rings (SSSR count). The summed E-state index contributed by atoms with van der Waals surface area (Å²) in [6.45, 7) is -0.476. The fourth-order valence-electron chi connectivity index (χ4n) is 3.76. The molecule has 0 aromatic heterocycles. The van der Waals surface area contributed by atoms with Gasteiger partial charge in [-0.25, -0.2) is 0 Å². The van der Waals surface area contributed by atoms with Crippen LogP contribution in [0.1, 0.15) is 26.3 Å². The van der Waals surface area contributed by atoms with Crippen LogP contribution in [0.4, 0.5) is 0 Å². The summed E-state index contributed by atoms with van der Waals surface area (Å²) < 4.78 is 5.56. The summed E-state index contributed by atoms with van der Waals surface area (Å²) in [4.78, 5) is 24.3. The number of carbonyl (C=O) groups excluding carboxylic acids is 2. The molecule has 9 nitrogen and oxygen atoms in total. The Bertz CT molecular complexity index is 927. The first-order valence-corrected chi connectivity index (χ1v) is 10.3. The summed E-state index contributed by atoms with van der Waals surface area (Å²) in [6, 6.07) is 12.2. The lowest BCUT2D eigenvalue weighted by Gasteiger charge is -2.40. The minimum absolute atomic E-state index is 0.253. The van der Waals surface area contributed by atoms with Crippen LogP contribution in [-0.2, 0) is 11.2 Å². The van der Waals surface area contributed by atoms with E-state index in [9.17, 15) is 30.0 Å². The number of aliphatic hydroxyl groups is 4. The van der Waals surface area contributed by atoms with E-state index in [0.29, 0.717) is 16.7 Å². The molecule has 0 aliphatic carbocycles. The number of nitrogens with one attached hydrogen (secondary N) is 2. The Morgan fingerprint density at radius 3 is 1.84 bits per heavy atom. The third kappa shape index (κ3) is 4.98. The number of rotatable bonds is 6. The molecule has 1 aliphatic rings. The third-order valence-electron chi connectivity index (χ3n) is 5.63. The normalized spacial score (nSPS) is 25.2. The van der Waals surface area contributed by atoms with Gasteiger partial charge in [-0.15, -0.1) is 0 Å². The SMILES string of the molecule is CNC(=O)c1cc(C(=O)NC)cc(-c2ccc(CC3OC(CO)C(O)C(O)C3O)cc2)c1. The summed E-state index contributed by atoms with van der Waals surface area (Å²) in [7, 11) is 3.03. The van der Waals surface area contributed by atoms with Crippen LogP contribution in [0.3, 0.4) is 0 Å². The van der Waals surface area contributed by atoms with Gasteiger partial charge in [-0.3, -0.25) is 9.59 Å². The van der Waals surface area contributed by atoms with Crippen LogP contribution in [0.25, 0.3) is 11.1 Å². The molecular weight excluding hydrogens is 416 g/mol. The molecule has 5 unspecified atom stereocenters. The van der Waals surface area contributed by atoms with Gasteiger partial charge in [0.05, 0.1) is 12.7 Å². The fourth-order valence-corrected chi connectivity index (χ4v) is 3.76. The second-order valence-corrected chi connectivity index (χ2v) is 7.73. The van der Waals surface area contributed by atoms with Crippen LogP contribution in [0.5, 0.6) is 0 Å². The first-order valence-electron chi connectivity index (χ1n) is 10.3. The van der Waals surface area contributed by atoms with Crippen molar-refractivity contribution < 1.29 is 34.8 Å². The van der Waals surface area contributed by atoms with Crippen molar-refractivity contribution in [1.29, 1.82) is 0 Å². The Labute approximate surface area is 185 Å². The summed E-state index contributed by atoms with van der Waals surface area (Å²) in [5.41, 5.74) is 2.97. The van der Waals surface area contributed by atoms with E-state index in [1.54, 1.807) is 12.1 Å². The number of carbonyl (C=O) groups is 2. The quantitative estimate of drug-likeness (QED) is 0.350. The van der Waals surface area contributed by atoms with Crippen molar-refractivity contribution in [3.8, 4) is 11.1 Å². The van der Waals surface area contributed by atoms with Gasteiger partial charge < -0.3 is 35.8 Å². The van der Waals surface area contributed by atoms with Crippen molar-refractivity contribution in [3.05, 3.63) is 59.2 Å². The topological polar surface area (TPSA) is 148 Å². The van der Waals surface area contributed by atoms with E-state index in [4.69, 9.17) is 4.74 Å². The van der Waals surface area contributed by atoms with Gasteiger partial charge in [0.15, 0.2) is 0 Å². The maximum atomic E-state index is 12.1. The predicted octanol–water partition coefficient (Wildman–Crippen LogP) is -0.542. The Morgan fingerprint density at radius 2 is 1.34 bits per heavy atom. The molecule has 5 atom stereocenters. The van der Waals surface area contributed by atoms with Crippen LogP contribution >= 0.6 is 0 Å². The Balaban J connectivity index is 1.84. The van der Waals surface area contributed by atoms with E-state index in [0.717, 1.165) is 11.1 Å². The third-order valence-corrected chi connectivity index (χ3v) is 5.63. The second-order valence-electron chi connectivity index (χ2n) is 7.73. The van der Waals surface area contributed by atoms with E-state index in [-0.39, 0.29) is 18.2 Å². The van der Waals surface area contributed by atoms with Crippen LogP contribution < -0.4 is 10.6 Å². The molecule has 2 aromatic carbocycles. The molecule has 0 spiro atoms.